The number of aryl methyl sites for hydroxylation is 1. The first-order valence-electron chi connectivity index (χ1n) is 9.04. The quantitative estimate of drug-likeness (QED) is 0.403. The molecule has 0 unspecified atom stereocenters. The second-order valence-electron chi connectivity index (χ2n) is 5.94. The molecule has 1 aromatic carbocycles. The van der Waals surface area contributed by atoms with Crippen LogP contribution in [0.5, 0.6) is 5.88 Å². The minimum atomic E-state index is -0.299. The molecule has 3 rings (SSSR count). The summed E-state index contributed by atoms with van der Waals surface area (Å²) >= 11 is 1.28. The highest BCUT2D eigenvalue weighted by atomic mass is 32.2. The van der Waals surface area contributed by atoms with Crippen molar-refractivity contribution in [2.75, 3.05) is 12.4 Å². The Hall–Kier alpha value is -2.81. The average Bonchev–Trinajstić information content (AvgIpc) is 3.28. The van der Waals surface area contributed by atoms with Crippen LogP contribution in [-0.4, -0.2) is 42.9 Å². The lowest BCUT2D eigenvalue weighted by Crippen LogP contribution is -2.08. The van der Waals surface area contributed by atoms with Crippen LogP contribution in [0.1, 0.15) is 19.4 Å². The lowest BCUT2D eigenvalue weighted by molar-refractivity contribution is -0.141. The van der Waals surface area contributed by atoms with Gasteiger partial charge in [-0.05, 0) is 19.4 Å². The first-order chi connectivity index (χ1) is 13.6. The third-order valence-corrected chi connectivity index (χ3v) is 4.96. The second-order valence-corrected chi connectivity index (χ2v) is 6.88. The fourth-order valence-corrected chi connectivity index (χ4v) is 3.25. The lowest BCUT2D eigenvalue weighted by Gasteiger charge is -2.05. The Balaban J connectivity index is 1.63. The molecular formula is C19H23N5O3S. The molecule has 148 valence electrons. The van der Waals surface area contributed by atoms with E-state index in [4.69, 9.17) is 9.47 Å². The summed E-state index contributed by atoms with van der Waals surface area (Å²) in [4.78, 5) is 12.0. The number of esters is 1. The lowest BCUT2D eigenvalue weighted by atomic mass is 10.2. The number of hydrogen-bond donors (Lipinski definition) is 0. The minimum absolute atomic E-state index is 0.158. The molecule has 2 heterocycles. The molecule has 0 radical (unpaired) electrons. The number of ether oxygens (including phenoxy) is 2. The Morgan fingerprint density at radius 1 is 1.18 bits per heavy atom. The summed E-state index contributed by atoms with van der Waals surface area (Å²) in [5.74, 6) is 1.03. The van der Waals surface area contributed by atoms with Crippen LogP contribution in [-0.2, 0) is 29.7 Å². The smallest absolute Gasteiger partial charge is 0.316 e. The van der Waals surface area contributed by atoms with Gasteiger partial charge in [-0.2, -0.15) is 0 Å². The maximum absolute atomic E-state index is 12.0. The maximum Gasteiger partial charge on any atom is 0.316 e. The molecule has 0 aliphatic heterocycles. The number of hydrogen-bond acceptors (Lipinski definition) is 7. The van der Waals surface area contributed by atoms with Gasteiger partial charge in [0.15, 0.2) is 11.0 Å². The Morgan fingerprint density at radius 2 is 1.96 bits per heavy atom. The zero-order chi connectivity index (χ0) is 19.9. The molecule has 8 nitrogen and oxygen atoms in total. The van der Waals surface area contributed by atoms with Crippen LogP contribution >= 0.6 is 11.8 Å². The zero-order valence-electron chi connectivity index (χ0n) is 16.2. The van der Waals surface area contributed by atoms with E-state index in [0.717, 1.165) is 17.7 Å². The van der Waals surface area contributed by atoms with Gasteiger partial charge in [-0.1, -0.05) is 42.1 Å². The standard InChI is InChI=1S/C19H23N5O3S/c1-4-24-11-15(18(22-24)26-5-2)17-20-21-19(23(17)3)28-13-16(25)27-12-14-9-7-6-8-10-14/h6-11H,4-5,12-13H2,1-3H3. The highest BCUT2D eigenvalue weighted by Crippen LogP contribution is 2.29. The van der Waals surface area contributed by atoms with Crippen LogP contribution in [0.3, 0.4) is 0 Å². The van der Waals surface area contributed by atoms with Crippen molar-refractivity contribution in [2.45, 2.75) is 32.2 Å². The Kier molecular flexibility index (Phi) is 6.70. The number of rotatable bonds is 9. The van der Waals surface area contributed by atoms with Crippen LogP contribution in [0.25, 0.3) is 11.4 Å². The number of aromatic nitrogens is 5. The Bertz CT molecular complexity index is 923. The molecule has 3 aromatic rings. The third-order valence-electron chi connectivity index (χ3n) is 3.97. The van der Waals surface area contributed by atoms with E-state index in [2.05, 4.69) is 15.3 Å². The van der Waals surface area contributed by atoms with Crippen molar-refractivity contribution in [1.82, 2.24) is 24.5 Å². The topological polar surface area (TPSA) is 84.1 Å². The zero-order valence-corrected chi connectivity index (χ0v) is 17.0. The molecule has 0 saturated carbocycles. The first-order valence-corrected chi connectivity index (χ1v) is 10.0. The van der Waals surface area contributed by atoms with E-state index in [-0.39, 0.29) is 18.3 Å². The molecule has 9 heteroatoms. The van der Waals surface area contributed by atoms with Crippen molar-refractivity contribution in [3.63, 3.8) is 0 Å². The maximum atomic E-state index is 12.0. The first kappa shape index (κ1) is 19.9. The predicted octanol–water partition coefficient (Wildman–Crippen LogP) is 2.93. The molecule has 0 atom stereocenters. The normalized spacial score (nSPS) is 10.8. The van der Waals surface area contributed by atoms with E-state index in [1.165, 1.54) is 11.8 Å². The van der Waals surface area contributed by atoms with Gasteiger partial charge in [0.2, 0.25) is 5.88 Å². The Morgan fingerprint density at radius 3 is 2.68 bits per heavy atom. The summed E-state index contributed by atoms with van der Waals surface area (Å²) in [7, 11) is 1.85. The summed E-state index contributed by atoms with van der Waals surface area (Å²) in [6.07, 6.45) is 1.89. The molecule has 0 spiro atoms. The molecule has 0 bridgehead atoms. The van der Waals surface area contributed by atoms with Gasteiger partial charge in [0.1, 0.15) is 12.2 Å². The summed E-state index contributed by atoms with van der Waals surface area (Å²) in [6, 6.07) is 9.59. The van der Waals surface area contributed by atoms with Crippen molar-refractivity contribution < 1.29 is 14.3 Å². The summed E-state index contributed by atoms with van der Waals surface area (Å²) in [5, 5.41) is 13.5. The molecule has 0 aliphatic carbocycles. The summed E-state index contributed by atoms with van der Waals surface area (Å²) in [6.45, 7) is 5.42. The molecule has 2 aromatic heterocycles. The van der Waals surface area contributed by atoms with Crippen LogP contribution in [0.15, 0.2) is 41.7 Å². The summed E-state index contributed by atoms with van der Waals surface area (Å²) in [5.41, 5.74) is 1.73. The van der Waals surface area contributed by atoms with Crippen molar-refractivity contribution in [3.8, 4) is 17.3 Å². The highest BCUT2D eigenvalue weighted by molar-refractivity contribution is 7.99. The minimum Gasteiger partial charge on any atom is -0.476 e. The van der Waals surface area contributed by atoms with Gasteiger partial charge in [0.05, 0.1) is 12.4 Å². The number of thioether (sulfide) groups is 1. The SMILES string of the molecule is CCOc1nn(CC)cc1-c1nnc(SCC(=O)OCc2ccccc2)n1C. The largest absolute Gasteiger partial charge is 0.476 e. The van der Waals surface area contributed by atoms with Crippen molar-refractivity contribution in [3.05, 3.63) is 42.1 Å². The Labute approximate surface area is 167 Å². The average molecular weight is 401 g/mol. The van der Waals surface area contributed by atoms with E-state index in [1.807, 2.05) is 62.0 Å². The van der Waals surface area contributed by atoms with E-state index < -0.39 is 0 Å². The van der Waals surface area contributed by atoms with Crippen molar-refractivity contribution in [1.29, 1.82) is 0 Å². The molecule has 28 heavy (non-hydrogen) atoms. The number of nitrogens with zero attached hydrogens (tertiary/aromatic N) is 5. The highest BCUT2D eigenvalue weighted by Gasteiger charge is 2.19. The van der Waals surface area contributed by atoms with E-state index in [9.17, 15) is 4.79 Å². The van der Waals surface area contributed by atoms with Gasteiger partial charge in [-0.25, -0.2) is 0 Å². The monoisotopic (exact) mass is 401 g/mol. The fraction of sp³-hybridized carbons (Fsp3) is 0.368. The van der Waals surface area contributed by atoms with Crippen LogP contribution in [0.2, 0.25) is 0 Å². The van der Waals surface area contributed by atoms with Crippen LogP contribution < -0.4 is 4.74 Å². The third kappa shape index (κ3) is 4.72. The van der Waals surface area contributed by atoms with Crippen molar-refractivity contribution >= 4 is 17.7 Å². The molecule has 0 N–H and O–H groups in total. The second kappa shape index (κ2) is 9.41. The van der Waals surface area contributed by atoms with Gasteiger partial charge in [0.25, 0.3) is 0 Å². The number of benzene rings is 1. The molecule has 0 saturated heterocycles. The van der Waals surface area contributed by atoms with Crippen molar-refractivity contribution in [2.24, 2.45) is 7.05 Å². The number of carbonyl (C=O) groups is 1. The van der Waals surface area contributed by atoms with E-state index in [0.29, 0.717) is 23.5 Å². The van der Waals surface area contributed by atoms with Crippen LogP contribution in [0, 0.1) is 0 Å². The molecule has 0 fully saturated rings. The van der Waals surface area contributed by atoms with E-state index in [1.54, 1.807) is 4.68 Å². The predicted molar refractivity (Wildman–Crippen MR) is 106 cm³/mol. The van der Waals surface area contributed by atoms with Gasteiger partial charge in [-0.3, -0.25) is 9.48 Å². The number of carbonyl (C=O) groups excluding carboxylic acids is 1. The van der Waals surface area contributed by atoms with E-state index >= 15 is 0 Å². The summed E-state index contributed by atoms with van der Waals surface area (Å²) < 4.78 is 14.5. The van der Waals surface area contributed by atoms with Gasteiger partial charge in [0, 0.05) is 19.8 Å². The fourth-order valence-electron chi connectivity index (χ4n) is 2.54. The van der Waals surface area contributed by atoms with Gasteiger partial charge >= 0.3 is 5.97 Å². The molecular weight excluding hydrogens is 378 g/mol. The molecule has 0 aliphatic rings. The van der Waals surface area contributed by atoms with Gasteiger partial charge in [-0.15, -0.1) is 15.3 Å². The molecule has 0 amide bonds. The van der Waals surface area contributed by atoms with Crippen LogP contribution in [0.4, 0.5) is 0 Å². The van der Waals surface area contributed by atoms with Gasteiger partial charge < -0.3 is 14.0 Å².